The first-order chi connectivity index (χ1) is 11.2. The zero-order valence-electron chi connectivity index (χ0n) is 15.3. The molecule has 130 valence electrons. The Morgan fingerprint density at radius 1 is 1.17 bits per heavy atom. The van der Waals surface area contributed by atoms with Gasteiger partial charge in [-0.1, -0.05) is 13.8 Å². The van der Waals surface area contributed by atoms with Crippen LogP contribution in [-0.4, -0.2) is 51.3 Å². The van der Waals surface area contributed by atoms with Crippen LogP contribution in [0.4, 0.5) is 11.4 Å². The molecule has 0 amide bonds. The molecule has 2 rings (SSSR count). The van der Waals surface area contributed by atoms with Crippen LogP contribution >= 0.6 is 0 Å². The molecule has 4 nitrogen and oxygen atoms in total. The summed E-state index contributed by atoms with van der Waals surface area (Å²) in [5.74, 6) is 0.922. The Labute approximate surface area is 141 Å². The number of piperidine rings is 1. The maximum Gasteiger partial charge on any atom is 0.144 e. The summed E-state index contributed by atoms with van der Waals surface area (Å²) in [5.41, 5.74) is 2.32. The third kappa shape index (κ3) is 4.54. The smallest absolute Gasteiger partial charge is 0.144 e. The molecule has 1 aromatic rings. The van der Waals surface area contributed by atoms with Crippen molar-refractivity contribution in [2.45, 2.75) is 45.6 Å². The lowest BCUT2D eigenvalue weighted by Crippen LogP contribution is -2.45. The minimum Gasteiger partial charge on any atom is -0.495 e. The summed E-state index contributed by atoms with van der Waals surface area (Å²) in [5, 5.41) is 3.18. The average molecular weight is 319 g/mol. The summed E-state index contributed by atoms with van der Waals surface area (Å²) >= 11 is 0. The predicted octanol–water partition coefficient (Wildman–Crippen LogP) is 3.83. The van der Waals surface area contributed by atoms with E-state index >= 15 is 0 Å². The second-order valence-electron chi connectivity index (χ2n) is 6.39. The van der Waals surface area contributed by atoms with E-state index in [9.17, 15) is 0 Å². The Hall–Kier alpha value is -1.42. The van der Waals surface area contributed by atoms with Crippen molar-refractivity contribution in [1.29, 1.82) is 0 Å². The first kappa shape index (κ1) is 17.9. The van der Waals surface area contributed by atoms with Crippen molar-refractivity contribution in [1.82, 2.24) is 4.90 Å². The summed E-state index contributed by atoms with van der Waals surface area (Å²) in [4.78, 5) is 5.19. The van der Waals surface area contributed by atoms with Crippen molar-refractivity contribution in [2.24, 2.45) is 0 Å². The highest BCUT2D eigenvalue weighted by molar-refractivity contribution is 5.64. The lowest BCUT2D eigenvalue weighted by Gasteiger charge is -2.39. The van der Waals surface area contributed by atoms with Crippen molar-refractivity contribution in [3.8, 4) is 5.75 Å². The van der Waals surface area contributed by atoms with E-state index < -0.39 is 0 Å². The molecule has 0 bridgehead atoms. The number of hydrogen-bond donors (Lipinski definition) is 1. The Kier molecular flexibility index (Phi) is 7.03. The highest BCUT2D eigenvalue weighted by Gasteiger charge is 2.24. The van der Waals surface area contributed by atoms with Gasteiger partial charge in [-0.25, -0.2) is 0 Å². The molecule has 0 radical (unpaired) electrons. The monoisotopic (exact) mass is 319 g/mol. The number of ether oxygens (including phenoxy) is 1. The molecule has 0 unspecified atom stereocenters. The fraction of sp³-hybridized carbons (Fsp3) is 0.684. The maximum absolute atomic E-state index is 5.49. The van der Waals surface area contributed by atoms with Gasteiger partial charge in [0.25, 0.3) is 0 Å². The zero-order chi connectivity index (χ0) is 16.7. The van der Waals surface area contributed by atoms with E-state index in [0.717, 1.165) is 30.6 Å². The molecule has 1 aromatic carbocycles. The van der Waals surface area contributed by atoms with Crippen molar-refractivity contribution in [2.75, 3.05) is 50.6 Å². The fourth-order valence-electron chi connectivity index (χ4n) is 3.62. The molecule has 1 heterocycles. The Balaban J connectivity index is 1.98. The van der Waals surface area contributed by atoms with Gasteiger partial charge < -0.3 is 19.9 Å². The highest BCUT2D eigenvalue weighted by atomic mass is 16.5. The molecule has 0 atom stereocenters. The van der Waals surface area contributed by atoms with E-state index in [1.807, 2.05) is 7.05 Å². The van der Waals surface area contributed by atoms with E-state index in [4.69, 9.17) is 4.74 Å². The van der Waals surface area contributed by atoms with Crippen LogP contribution in [0.15, 0.2) is 18.2 Å². The lowest BCUT2D eigenvalue weighted by molar-refractivity contribution is 0.169. The van der Waals surface area contributed by atoms with Gasteiger partial charge in [0.05, 0.1) is 12.8 Å². The van der Waals surface area contributed by atoms with Crippen LogP contribution < -0.4 is 15.0 Å². The molecular weight excluding hydrogens is 286 g/mol. The van der Waals surface area contributed by atoms with Crippen LogP contribution in [0.25, 0.3) is 0 Å². The van der Waals surface area contributed by atoms with E-state index in [0.29, 0.717) is 0 Å². The molecule has 1 aliphatic heterocycles. The van der Waals surface area contributed by atoms with Crippen LogP contribution in [0, 0.1) is 0 Å². The molecule has 0 aliphatic carbocycles. The van der Waals surface area contributed by atoms with Gasteiger partial charge in [0.15, 0.2) is 0 Å². The number of hydrogen-bond acceptors (Lipinski definition) is 4. The summed E-state index contributed by atoms with van der Waals surface area (Å²) < 4.78 is 5.49. The summed E-state index contributed by atoms with van der Waals surface area (Å²) in [6, 6.07) is 7.22. The van der Waals surface area contributed by atoms with Crippen LogP contribution in [0.1, 0.15) is 39.5 Å². The van der Waals surface area contributed by atoms with Crippen LogP contribution in [0.2, 0.25) is 0 Å². The van der Waals surface area contributed by atoms with E-state index in [-0.39, 0.29) is 0 Å². The highest BCUT2D eigenvalue weighted by Crippen LogP contribution is 2.31. The average Bonchev–Trinajstić information content (AvgIpc) is 2.61. The van der Waals surface area contributed by atoms with Gasteiger partial charge in [0.1, 0.15) is 5.75 Å². The topological polar surface area (TPSA) is 27.7 Å². The standard InChI is InChI=1S/C19H33N3O/c1-5-11-21(12-6-2)16-9-13-22(14-10-16)17-7-8-18(20-3)19(15-17)23-4/h7-8,15-16,20H,5-6,9-14H2,1-4H3. The molecule has 1 aliphatic rings. The molecule has 23 heavy (non-hydrogen) atoms. The maximum atomic E-state index is 5.49. The molecule has 0 aromatic heterocycles. The third-order valence-corrected chi connectivity index (χ3v) is 4.82. The van der Waals surface area contributed by atoms with Gasteiger partial charge in [-0.05, 0) is 50.9 Å². The third-order valence-electron chi connectivity index (χ3n) is 4.82. The molecule has 0 spiro atoms. The minimum absolute atomic E-state index is 0.754. The quantitative estimate of drug-likeness (QED) is 0.788. The normalized spacial score (nSPS) is 16.0. The Morgan fingerprint density at radius 2 is 1.83 bits per heavy atom. The van der Waals surface area contributed by atoms with Gasteiger partial charge in [0.2, 0.25) is 0 Å². The van der Waals surface area contributed by atoms with E-state index in [1.54, 1.807) is 7.11 Å². The second-order valence-corrected chi connectivity index (χ2v) is 6.39. The van der Waals surface area contributed by atoms with Crippen LogP contribution in [-0.2, 0) is 0 Å². The van der Waals surface area contributed by atoms with Crippen molar-refractivity contribution < 1.29 is 4.74 Å². The first-order valence-electron chi connectivity index (χ1n) is 9.08. The Morgan fingerprint density at radius 3 is 2.35 bits per heavy atom. The van der Waals surface area contributed by atoms with Gasteiger partial charge in [0, 0.05) is 37.9 Å². The molecule has 1 N–H and O–H groups in total. The number of rotatable bonds is 8. The Bertz CT molecular complexity index is 464. The summed E-state index contributed by atoms with van der Waals surface area (Å²) in [6.07, 6.45) is 5.03. The molecule has 4 heteroatoms. The molecule has 1 saturated heterocycles. The van der Waals surface area contributed by atoms with Crippen molar-refractivity contribution in [3.05, 3.63) is 18.2 Å². The molecular formula is C19H33N3O. The zero-order valence-corrected chi connectivity index (χ0v) is 15.3. The number of nitrogens with one attached hydrogen (secondary N) is 1. The van der Waals surface area contributed by atoms with Gasteiger partial charge in [-0.3, -0.25) is 0 Å². The number of nitrogens with zero attached hydrogens (tertiary/aromatic N) is 2. The fourth-order valence-corrected chi connectivity index (χ4v) is 3.62. The van der Waals surface area contributed by atoms with Crippen LogP contribution in [0.5, 0.6) is 5.75 Å². The SMILES string of the molecule is CCCN(CCC)C1CCN(c2ccc(NC)c(OC)c2)CC1. The van der Waals surface area contributed by atoms with Crippen molar-refractivity contribution >= 4 is 11.4 Å². The lowest BCUT2D eigenvalue weighted by atomic mass is 10.0. The molecule has 1 fully saturated rings. The van der Waals surface area contributed by atoms with Gasteiger partial charge >= 0.3 is 0 Å². The number of methoxy groups -OCH3 is 1. The second kappa shape index (κ2) is 9.02. The van der Waals surface area contributed by atoms with E-state index in [2.05, 4.69) is 47.2 Å². The minimum atomic E-state index is 0.754. The molecule has 0 saturated carbocycles. The van der Waals surface area contributed by atoms with E-state index in [1.165, 1.54) is 44.5 Å². The first-order valence-corrected chi connectivity index (χ1v) is 9.08. The largest absolute Gasteiger partial charge is 0.495 e. The van der Waals surface area contributed by atoms with Crippen LogP contribution in [0.3, 0.4) is 0 Å². The predicted molar refractivity (Wildman–Crippen MR) is 99.9 cm³/mol. The van der Waals surface area contributed by atoms with Gasteiger partial charge in [-0.2, -0.15) is 0 Å². The summed E-state index contributed by atoms with van der Waals surface area (Å²) in [6.45, 7) is 9.32. The summed E-state index contributed by atoms with van der Waals surface area (Å²) in [7, 11) is 3.67. The van der Waals surface area contributed by atoms with Crippen molar-refractivity contribution in [3.63, 3.8) is 0 Å². The van der Waals surface area contributed by atoms with Gasteiger partial charge in [-0.15, -0.1) is 0 Å². The number of benzene rings is 1. The number of anilines is 2.